The van der Waals surface area contributed by atoms with Gasteiger partial charge in [-0.2, -0.15) is 0 Å². The minimum Gasteiger partial charge on any atom is -0.491 e. The van der Waals surface area contributed by atoms with Crippen molar-refractivity contribution in [1.29, 1.82) is 0 Å². The van der Waals surface area contributed by atoms with Gasteiger partial charge < -0.3 is 18.8 Å². The van der Waals surface area contributed by atoms with E-state index < -0.39 is 6.04 Å². The van der Waals surface area contributed by atoms with Crippen LogP contribution in [0.15, 0.2) is 45.6 Å². The van der Waals surface area contributed by atoms with Crippen molar-refractivity contribution in [3.05, 3.63) is 74.1 Å². The van der Waals surface area contributed by atoms with Crippen molar-refractivity contribution in [2.75, 3.05) is 39.4 Å². The highest BCUT2D eigenvalue weighted by Crippen LogP contribution is 2.39. The fraction of sp³-hybridized carbons (Fsp3) is 0.429. The lowest BCUT2D eigenvalue weighted by molar-refractivity contribution is 0.0353. The second kappa shape index (κ2) is 10.2. The van der Waals surface area contributed by atoms with Gasteiger partial charge in [-0.25, -0.2) is 0 Å². The van der Waals surface area contributed by atoms with Crippen molar-refractivity contribution < 1.29 is 18.7 Å². The van der Waals surface area contributed by atoms with Gasteiger partial charge in [0.15, 0.2) is 5.43 Å². The van der Waals surface area contributed by atoms with Crippen molar-refractivity contribution in [3.8, 4) is 5.75 Å². The summed E-state index contributed by atoms with van der Waals surface area (Å²) in [7, 11) is 0. The summed E-state index contributed by atoms with van der Waals surface area (Å²) in [6.45, 7) is 10.4. The number of halogens is 1. The summed E-state index contributed by atoms with van der Waals surface area (Å²) in [5.74, 6) is 0.601. The summed E-state index contributed by atoms with van der Waals surface area (Å²) >= 11 is 6.34. The third-order valence-electron chi connectivity index (χ3n) is 6.79. The Balaban J connectivity index is 1.53. The number of fused-ring (bicyclic) bond motifs is 2. The number of carbonyl (C=O) groups is 1. The van der Waals surface area contributed by atoms with Crippen molar-refractivity contribution in [3.63, 3.8) is 0 Å². The topological polar surface area (TPSA) is 72.2 Å². The summed E-state index contributed by atoms with van der Waals surface area (Å²) in [6.07, 6.45) is 0.830. The maximum atomic E-state index is 13.7. The molecule has 1 unspecified atom stereocenters. The first-order valence-corrected chi connectivity index (χ1v) is 12.9. The van der Waals surface area contributed by atoms with Gasteiger partial charge in [-0.05, 0) is 62.6 Å². The Hall–Kier alpha value is -2.87. The van der Waals surface area contributed by atoms with Crippen LogP contribution < -0.4 is 10.2 Å². The van der Waals surface area contributed by atoms with Gasteiger partial charge >= 0.3 is 0 Å². The molecule has 5 rings (SSSR count). The molecule has 1 saturated heterocycles. The molecule has 0 spiro atoms. The Labute approximate surface area is 215 Å². The monoisotopic (exact) mass is 510 g/mol. The quantitative estimate of drug-likeness (QED) is 0.454. The predicted molar refractivity (Wildman–Crippen MR) is 139 cm³/mol. The minimum atomic E-state index is -0.536. The van der Waals surface area contributed by atoms with Crippen LogP contribution in [-0.4, -0.2) is 61.2 Å². The van der Waals surface area contributed by atoms with Crippen molar-refractivity contribution in [1.82, 2.24) is 9.80 Å². The number of amides is 1. The van der Waals surface area contributed by atoms with Crippen LogP contribution in [0.2, 0.25) is 5.02 Å². The third-order valence-corrected chi connectivity index (χ3v) is 7.20. The summed E-state index contributed by atoms with van der Waals surface area (Å²) in [4.78, 5) is 31.5. The minimum absolute atomic E-state index is 0.0490. The smallest absolute Gasteiger partial charge is 0.290 e. The van der Waals surface area contributed by atoms with Gasteiger partial charge in [0, 0.05) is 31.2 Å². The molecule has 1 fully saturated rings. The van der Waals surface area contributed by atoms with E-state index in [1.165, 1.54) is 0 Å². The Morgan fingerprint density at radius 3 is 2.50 bits per heavy atom. The van der Waals surface area contributed by atoms with E-state index in [0.717, 1.165) is 56.1 Å². The number of nitrogens with zero attached hydrogens (tertiary/aromatic N) is 2. The Morgan fingerprint density at radius 1 is 1.08 bits per heavy atom. The van der Waals surface area contributed by atoms with E-state index in [0.29, 0.717) is 28.1 Å². The molecular formula is C28H31ClN2O5. The van der Waals surface area contributed by atoms with Gasteiger partial charge in [-0.3, -0.25) is 14.5 Å². The molecule has 1 amide bonds. The molecule has 7 nitrogen and oxygen atoms in total. The number of rotatable bonds is 7. The third kappa shape index (κ3) is 4.75. The molecule has 190 valence electrons. The van der Waals surface area contributed by atoms with Crippen LogP contribution in [0.1, 0.15) is 53.6 Å². The summed E-state index contributed by atoms with van der Waals surface area (Å²) in [6, 6.07) is 10.4. The zero-order valence-electron chi connectivity index (χ0n) is 20.9. The highest BCUT2D eigenvalue weighted by atomic mass is 35.5. The average molecular weight is 511 g/mol. The molecule has 2 aliphatic heterocycles. The van der Waals surface area contributed by atoms with Gasteiger partial charge in [0.2, 0.25) is 5.76 Å². The van der Waals surface area contributed by atoms with Crippen molar-refractivity contribution in [2.24, 2.45) is 0 Å². The van der Waals surface area contributed by atoms with E-state index in [1.807, 2.05) is 45.0 Å². The normalized spacial score (nSPS) is 18.3. The van der Waals surface area contributed by atoms with Gasteiger partial charge in [-0.15, -0.1) is 0 Å². The summed E-state index contributed by atoms with van der Waals surface area (Å²) < 4.78 is 17.3. The van der Waals surface area contributed by atoms with Crippen LogP contribution in [0.25, 0.3) is 11.0 Å². The van der Waals surface area contributed by atoms with E-state index in [2.05, 4.69) is 4.90 Å². The number of ether oxygens (including phenoxy) is 2. The van der Waals surface area contributed by atoms with Crippen LogP contribution in [0.5, 0.6) is 5.75 Å². The van der Waals surface area contributed by atoms with E-state index in [4.69, 9.17) is 25.5 Å². The number of aryl methyl sites for hydroxylation is 1. The van der Waals surface area contributed by atoms with Gasteiger partial charge in [0.1, 0.15) is 11.3 Å². The lowest BCUT2D eigenvalue weighted by Gasteiger charge is -2.29. The molecule has 0 aliphatic carbocycles. The lowest BCUT2D eigenvalue weighted by atomic mass is 9.98. The number of hydrogen-bond acceptors (Lipinski definition) is 6. The second-order valence-corrected chi connectivity index (χ2v) is 10.1. The fourth-order valence-corrected chi connectivity index (χ4v) is 5.17. The number of morpholine rings is 1. The first-order chi connectivity index (χ1) is 17.3. The Bertz CT molecular complexity index is 1330. The molecule has 8 heteroatoms. The molecule has 0 radical (unpaired) electrons. The van der Waals surface area contributed by atoms with E-state index in [9.17, 15) is 9.59 Å². The number of hydrogen-bond donors (Lipinski definition) is 0. The van der Waals surface area contributed by atoms with E-state index >= 15 is 0 Å². The molecule has 3 aromatic rings. The van der Waals surface area contributed by atoms with Crippen molar-refractivity contribution in [2.45, 2.75) is 39.3 Å². The fourth-order valence-electron chi connectivity index (χ4n) is 5.01. The number of carbonyl (C=O) groups excluding carboxylic acids is 1. The molecule has 36 heavy (non-hydrogen) atoms. The maximum Gasteiger partial charge on any atom is 0.290 e. The number of benzene rings is 2. The van der Waals surface area contributed by atoms with Crippen molar-refractivity contribution >= 4 is 28.5 Å². The molecule has 0 bridgehead atoms. The standard InChI is InChI=1S/C28H31ClN2O5/c1-17(2)35-20-7-5-19(6-8-20)25-24-26(32)21-16-22(29)18(3)15-23(21)36-27(24)28(33)31(25)10-4-9-30-11-13-34-14-12-30/h5-8,15-17,25H,4,9-14H2,1-3H3. The van der Waals surface area contributed by atoms with Gasteiger partial charge in [0.05, 0.1) is 36.3 Å². The lowest BCUT2D eigenvalue weighted by Crippen LogP contribution is -2.38. The molecule has 0 saturated carbocycles. The van der Waals surface area contributed by atoms with E-state index in [1.54, 1.807) is 17.0 Å². The zero-order valence-corrected chi connectivity index (χ0v) is 21.6. The van der Waals surface area contributed by atoms with Crippen LogP contribution >= 0.6 is 11.6 Å². The molecular weight excluding hydrogens is 480 g/mol. The predicted octanol–water partition coefficient (Wildman–Crippen LogP) is 4.81. The highest BCUT2D eigenvalue weighted by Gasteiger charge is 2.42. The molecule has 1 aromatic heterocycles. The first kappa shape index (κ1) is 24.8. The SMILES string of the molecule is Cc1cc2oc3c(c(=O)c2cc1Cl)C(c1ccc(OC(C)C)cc1)N(CCCN1CCOCC1)C3=O. The molecule has 0 N–H and O–H groups in total. The van der Waals surface area contributed by atoms with Crippen LogP contribution in [0.3, 0.4) is 0 Å². The second-order valence-electron chi connectivity index (χ2n) is 9.72. The largest absolute Gasteiger partial charge is 0.491 e. The summed E-state index contributed by atoms with van der Waals surface area (Å²) in [5, 5.41) is 0.880. The Morgan fingerprint density at radius 2 is 1.81 bits per heavy atom. The van der Waals surface area contributed by atoms with Crippen LogP contribution in [0, 0.1) is 6.92 Å². The summed E-state index contributed by atoms with van der Waals surface area (Å²) in [5.41, 5.74) is 2.16. The molecule has 1 atom stereocenters. The molecule has 3 heterocycles. The van der Waals surface area contributed by atoms with Crippen LogP contribution in [0.4, 0.5) is 0 Å². The van der Waals surface area contributed by atoms with Crippen LogP contribution in [-0.2, 0) is 4.74 Å². The molecule has 2 aliphatic rings. The van der Waals surface area contributed by atoms with E-state index in [-0.39, 0.29) is 23.2 Å². The maximum absolute atomic E-state index is 13.7. The Kier molecular flexibility index (Phi) is 7.06. The highest BCUT2D eigenvalue weighted by molar-refractivity contribution is 6.32. The average Bonchev–Trinajstić information content (AvgIpc) is 3.13. The first-order valence-electron chi connectivity index (χ1n) is 12.5. The molecule has 2 aromatic carbocycles. The van der Waals surface area contributed by atoms with Gasteiger partial charge in [0.25, 0.3) is 5.91 Å². The zero-order chi connectivity index (χ0) is 25.4. The van der Waals surface area contributed by atoms with Gasteiger partial charge in [-0.1, -0.05) is 23.7 Å².